The van der Waals surface area contributed by atoms with Crippen LogP contribution in [0.5, 0.6) is 0 Å². The third-order valence-electron chi connectivity index (χ3n) is 8.58. The number of rotatable bonds is 3. The Bertz CT molecular complexity index is 514. The van der Waals surface area contributed by atoms with E-state index in [4.69, 9.17) is 4.74 Å². The van der Waals surface area contributed by atoms with E-state index in [-0.39, 0.29) is 23.0 Å². The van der Waals surface area contributed by atoms with Crippen molar-refractivity contribution in [3.05, 3.63) is 0 Å². The van der Waals surface area contributed by atoms with Crippen LogP contribution in [0.15, 0.2) is 0 Å². The van der Waals surface area contributed by atoms with Crippen molar-refractivity contribution in [2.24, 2.45) is 28.6 Å². The molecule has 1 N–H and O–H groups in total. The molecule has 0 aromatic rings. The topological polar surface area (TPSA) is 49.8 Å². The van der Waals surface area contributed by atoms with Crippen LogP contribution in [-0.2, 0) is 9.53 Å². The Kier molecular flexibility index (Phi) is 3.77. The first-order chi connectivity index (χ1) is 12.0. The third kappa shape index (κ3) is 2.36. The number of hydrogen-bond donors (Lipinski definition) is 1. The van der Waals surface area contributed by atoms with E-state index in [1.807, 2.05) is 6.92 Å². The van der Waals surface area contributed by atoms with Crippen LogP contribution in [0.4, 0.5) is 0 Å². The second-order valence-electron chi connectivity index (χ2n) is 9.92. The van der Waals surface area contributed by atoms with Crippen LogP contribution in [0.2, 0.25) is 0 Å². The molecule has 1 spiro atoms. The predicted molar refractivity (Wildman–Crippen MR) is 94.9 cm³/mol. The molecule has 1 saturated heterocycles. The molecule has 140 valence electrons. The van der Waals surface area contributed by atoms with Gasteiger partial charge in [0.05, 0.1) is 17.6 Å². The second-order valence-corrected chi connectivity index (χ2v) is 9.92. The van der Waals surface area contributed by atoms with Gasteiger partial charge in [0.25, 0.3) is 0 Å². The minimum absolute atomic E-state index is 0.0171. The first-order valence-electron chi connectivity index (χ1n) is 10.6. The van der Waals surface area contributed by atoms with E-state index in [0.717, 1.165) is 76.0 Å². The van der Waals surface area contributed by atoms with Gasteiger partial charge in [-0.05, 0) is 76.0 Å². The summed E-state index contributed by atoms with van der Waals surface area (Å²) in [5.74, 6) is 2.93. The quantitative estimate of drug-likeness (QED) is 0.854. The number of carbonyl (C=O) groups excluding carboxylic acids is 1. The van der Waals surface area contributed by atoms with Crippen molar-refractivity contribution < 1.29 is 14.6 Å². The fraction of sp³-hybridized carbons (Fsp3) is 0.952. The van der Waals surface area contributed by atoms with Crippen molar-refractivity contribution in [3.8, 4) is 0 Å². The summed E-state index contributed by atoms with van der Waals surface area (Å²) in [5, 5.41) is 10.4. The zero-order chi connectivity index (χ0) is 17.2. The fourth-order valence-corrected chi connectivity index (χ4v) is 7.65. The average Bonchev–Trinajstić information content (AvgIpc) is 2.60. The molecule has 4 nitrogen and oxygen atoms in total. The summed E-state index contributed by atoms with van der Waals surface area (Å²) < 4.78 is 5.87. The highest BCUT2D eigenvalue weighted by Gasteiger charge is 2.59. The molecule has 6 aliphatic rings. The molecule has 1 aliphatic heterocycles. The monoisotopic (exact) mass is 347 g/mol. The van der Waals surface area contributed by atoms with Gasteiger partial charge in [-0.3, -0.25) is 4.79 Å². The molecule has 0 aromatic heterocycles. The minimum atomic E-state index is -0.235. The number of likely N-dealkylation sites (tertiary alicyclic amines) is 1. The minimum Gasteiger partial charge on any atom is -0.392 e. The van der Waals surface area contributed by atoms with E-state index < -0.39 is 0 Å². The van der Waals surface area contributed by atoms with E-state index in [9.17, 15) is 9.90 Å². The van der Waals surface area contributed by atoms with Gasteiger partial charge in [0.1, 0.15) is 0 Å². The van der Waals surface area contributed by atoms with Gasteiger partial charge in [-0.2, -0.15) is 0 Å². The Labute approximate surface area is 151 Å². The molecule has 2 atom stereocenters. The van der Waals surface area contributed by atoms with Crippen molar-refractivity contribution in [3.63, 3.8) is 0 Å². The van der Waals surface area contributed by atoms with Crippen LogP contribution in [0, 0.1) is 28.6 Å². The number of amides is 1. The number of ether oxygens (including phenoxy) is 1. The van der Waals surface area contributed by atoms with Gasteiger partial charge < -0.3 is 14.7 Å². The molecule has 6 fully saturated rings. The predicted octanol–water partition coefficient (Wildman–Crippen LogP) is 2.98. The Morgan fingerprint density at radius 2 is 1.60 bits per heavy atom. The normalized spacial score (nSPS) is 47.1. The Morgan fingerprint density at radius 1 is 1.04 bits per heavy atom. The summed E-state index contributed by atoms with van der Waals surface area (Å²) in [6, 6.07) is 0. The number of hydrogen-bond acceptors (Lipinski definition) is 3. The zero-order valence-electron chi connectivity index (χ0n) is 15.6. The lowest BCUT2D eigenvalue weighted by Gasteiger charge is -2.59. The van der Waals surface area contributed by atoms with Gasteiger partial charge in [0.15, 0.2) is 0 Å². The molecule has 5 saturated carbocycles. The van der Waals surface area contributed by atoms with Crippen LogP contribution in [0.1, 0.15) is 64.7 Å². The van der Waals surface area contributed by atoms with Crippen molar-refractivity contribution in [2.45, 2.75) is 76.9 Å². The smallest absolute Gasteiger partial charge is 0.228 e. The van der Waals surface area contributed by atoms with Gasteiger partial charge in [-0.1, -0.05) is 0 Å². The van der Waals surface area contributed by atoms with Gasteiger partial charge in [-0.15, -0.1) is 0 Å². The summed E-state index contributed by atoms with van der Waals surface area (Å²) >= 11 is 0. The lowest BCUT2D eigenvalue weighted by atomic mass is 9.49. The van der Waals surface area contributed by atoms with Crippen LogP contribution in [0.25, 0.3) is 0 Å². The molecule has 0 unspecified atom stereocenters. The van der Waals surface area contributed by atoms with Crippen molar-refractivity contribution >= 4 is 5.91 Å². The Hall–Kier alpha value is -0.610. The lowest BCUT2D eigenvalue weighted by Crippen LogP contribution is -2.64. The summed E-state index contributed by atoms with van der Waals surface area (Å²) in [5.41, 5.74) is -0.0922. The van der Waals surface area contributed by atoms with Gasteiger partial charge in [-0.25, -0.2) is 0 Å². The maximum atomic E-state index is 13.5. The maximum absolute atomic E-state index is 13.5. The number of aliphatic hydroxyl groups is 1. The summed E-state index contributed by atoms with van der Waals surface area (Å²) in [6.07, 6.45) is 10.2. The molecule has 1 amide bonds. The molecule has 6 rings (SSSR count). The van der Waals surface area contributed by atoms with Gasteiger partial charge in [0, 0.05) is 31.5 Å². The molecule has 1 heterocycles. The second kappa shape index (κ2) is 5.69. The van der Waals surface area contributed by atoms with Gasteiger partial charge >= 0.3 is 0 Å². The number of carbonyl (C=O) groups is 1. The van der Waals surface area contributed by atoms with Crippen molar-refractivity contribution in [1.29, 1.82) is 0 Å². The van der Waals surface area contributed by atoms with Crippen molar-refractivity contribution in [1.82, 2.24) is 4.90 Å². The third-order valence-corrected chi connectivity index (χ3v) is 8.58. The molecule has 25 heavy (non-hydrogen) atoms. The van der Waals surface area contributed by atoms with Crippen LogP contribution < -0.4 is 0 Å². The molecule has 5 aliphatic carbocycles. The Morgan fingerprint density at radius 3 is 2.08 bits per heavy atom. The fourth-order valence-electron chi connectivity index (χ4n) is 7.65. The lowest BCUT2D eigenvalue weighted by molar-refractivity contribution is -0.212. The molecule has 4 bridgehead atoms. The highest BCUT2D eigenvalue weighted by molar-refractivity contribution is 5.83. The summed E-state index contributed by atoms with van der Waals surface area (Å²) in [4.78, 5) is 15.6. The largest absolute Gasteiger partial charge is 0.392 e. The van der Waals surface area contributed by atoms with Crippen molar-refractivity contribution in [2.75, 3.05) is 19.7 Å². The van der Waals surface area contributed by atoms with E-state index in [1.54, 1.807) is 0 Å². The summed E-state index contributed by atoms with van der Waals surface area (Å²) in [7, 11) is 0. The summed E-state index contributed by atoms with van der Waals surface area (Å²) in [6.45, 7) is 4.39. The SMILES string of the molecule is CCO[C@H]1C[C@@H](O)C12CCN(C(=O)C13CC4CC(CC(C4)C1)C3)CC2. The standard InChI is InChI=1S/C21H33NO3/c1-2-25-18-10-17(23)21(18)3-5-22(6-4-21)19(24)20-11-14-7-15(12-20)9-16(8-14)13-20/h14-18,23H,2-13H2,1H3/t14?,15?,16?,17-,18+,20?/m1/s1. The average molecular weight is 347 g/mol. The van der Waals surface area contributed by atoms with E-state index >= 15 is 0 Å². The highest BCUT2D eigenvalue weighted by atomic mass is 16.5. The number of aliphatic hydroxyl groups excluding tert-OH is 1. The zero-order valence-corrected chi connectivity index (χ0v) is 15.6. The first-order valence-corrected chi connectivity index (χ1v) is 10.6. The molecular formula is C21H33NO3. The van der Waals surface area contributed by atoms with E-state index in [1.165, 1.54) is 19.3 Å². The highest BCUT2D eigenvalue weighted by Crippen LogP contribution is 2.61. The number of piperidine rings is 1. The van der Waals surface area contributed by atoms with E-state index in [0.29, 0.717) is 5.91 Å². The molecular weight excluding hydrogens is 314 g/mol. The van der Waals surface area contributed by atoms with Crippen LogP contribution >= 0.6 is 0 Å². The molecule has 0 aromatic carbocycles. The molecule has 0 radical (unpaired) electrons. The van der Waals surface area contributed by atoms with Crippen LogP contribution in [0.3, 0.4) is 0 Å². The Balaban J connectivity index is 1.28. The van der Waals surface area contributed by atoms with E-state index in [2.05, 4.69) is 4.90 Å². The van der Waals surface area contributed by atoms with Crippen LogP contribution in [-0.4, -0.2) is 47.8 Å². The molecule has 4 heteroatoms. The first kappa shape index (κ1) is 16.6. The maximum Gasteiger partial charge on any atom is 0.228 e. The number of nitrogens with zero attached hydrogens (tertiary/aromatic N) is 1. The van der Waals surface area contributed by atoms with Gasteiger partial charge in [0.2, 0.25) is 5.91 Å².